The van der Waals surface area contributed by atoms with Crippen LogP contribution in [0.15, 0.2) is 47.3 Å². The Morgan fingerprint density at radius 1 is 1.24 bits per heavy atom. The Bertz CT molecular complexity index is 1080. The van der Waals surface area contributed by atoms with E-state index >= 15 is 0 Å². The lowest BCUT2D eigenvalue weighted by molar-refractivity contribution is 0.239. The molecule has 0 aliphatic carbocycles. The van der Waals surface area contributed by atoms with Gasteiger partial charge in [-0.3, -0.25) is 9.69 Å². The molecular weight excluding hydrogens is 390 g/mol. The highest BCUT2D eigenvalue weighted by Crippen LogP contribution is 2.28. The highest BCUT2D eigenvalue weighted by atomic mass is 35.5. The molecule has 4 rings (SSSR count). The molecule has 0 radical (unpaired) electrons. The van der Waals surface area contributed by atoms with Gasteiger partial charge in [-0.15, -0.1) is 0 Å². The molecule has 0 unspecified atom stereocenters. The molecule has 3 aromatic rings. The van der Waals surface area contributed by atoms with Crippen LogP contribution in [0, 0.1) is 0 Å². The Balaban J connectivity index is 1.57. The van der Waals surface area contributed by atoms with Gasteiger partial charge in [-0.2, -0.15) is 0 Å². The van der Waals surface area contributed by atoms with Crippen LogP contribution in [0.5, 0.6) is 11.5 Å². The number of aromatic amines is 1. The summed E-state index contributed by atoms with van der Waals surface area (Å²) in [5, 5.41) is 10.5. The van der Waals surface area contributed by atoms with E-state index in [0.717, 1.165) is 28.9 Å². The fourth-order valence-electron chi connectivity index (χ4n) is 3.56. The van der Waals surface area contributed by atoms with Gasteiger partial charge in [0, 0.05) is 35.8 Å². The first-order valence-electron chi connectivity index (χ1n) is 9.58. The second kappa shape index (κ2) is 8.27. The van der Waals surface area contributed by atoms with Gasteiger partial charge in [0.15, 0.2) is 11.5 Å². The summed E-state index contributed by atoms with van der Waals surface area (Å²) in [7, 11) is 0. The lowest BCUT2D eigenvalue weighted by Crippen LogP contribution is -2.35. The third-order valence-corrected chi connectivity index (χ3v) is 5.25. The number of aromatic hydroxyl groups is 1. The summed E-state index contributed by atoms with van der Waals surface area (Å²) in [5.74, 6) is 1.18. The number of nitrogens with one attached hydrogen (secondary N) is 1. The zero-order chi connectivity index (χ0) is 20.4. The summed E-state index contributed by atoms with van der Waals surface area (Å²) < 4.78 is 5.48. The fourth-order valence-corrected chi connectivity index (χ4v) is 3.69. The third kappa shape index (κ3) is 4.28. The first kappa shape index (κ1) is 19.5. The number of nitrogens with zero attached hydrogens (tertiary/aromatic N) is 2. The monoisotopic (exact) mass is 411 g/mol. The average Bonchev–Trinajstić information content (AvgIpc) is 2.71. The smallest absolute Gasteiger partial charge is 0.254 e. The minimum absolute atomic E-state index is 0.0807. The van der Waals surface area contributed by atoms with Crippen LogP contribution in [0.3, 0.4) is 0 Å². The Morgan fingerprint density at radius 2 is 2.03 bits per heavy atom. The van der Waals surface area contributed by atoms with Crippen molar-refractivity contribution in [3.05, 3.63) is 74.7 Å². The van der Waals surface area contributed by atoms with Crippen molar-refractivity contribution in [2.24, 2.45) is 0 Å². The van der Waals surface area contributed by atoms with Crippen LogP contribution in [0.25, 0.3) is 11.4 Å². The molecule has 0 fully saturated rings. The van der Waals surface area contributed by atoms with Crippen molar-refractivity contribution >= 4 is 11.6 Å². The molecule has 0 saturated heterocycles. The van der Waals surface area contributed by atoms with Crippen LogP contribution >= 0.6 is 11.6 Å². The van der Waals surface area contributed by atoms with Crippen molar-refractivity contribution < 1.29 is 9.84 Å². The number of hydrogen-bond acceptors (Lipinski definition) is 5. The van der Waals surface area contributed by atoms with Gasteiger partial charge in [0.25, 0.3) is 5.56 Å². The van der Waals surface area contributed by atoms with E-state index in [1.807, 2.05) is 31.2 Å². The number of halogens is 1. The number of phenolic OH excluding ortho intramolecular Hbond substituents is 1. The molecule has 1 aromatic heterocycles. The summed E-state index contributed by atoms with van der Waals surface area (Å²) in [6.07, 6.45) is 0.648. The zero-order valence-corrected chi connectivity index (χ0v) is 16.9. The van der Waals surface area contributed by atoms with Crippen molar-refractivity contribution in [3.8, 4) is 22.9 Å². The summed E-state index contributed by atoms with van der Waals surface area (Å²) in [6.45, 7) is 4.42. The van der Waals surface area contributed by atoms with Crippen LogP contribution in [-0.2, 0) is 19.5 Å². The molecule has 2 N–H and O–H groups in total. The minimum atomic E-state index is -0.0807. The third-order valence-electron chi connectivity index (χ3n) is 5.00. The first-order chi connectivity index (χ1) is 14.0. The van der Waals surface area contributed by atoms with Crippen molar-refractivity contribution in [1.29, 1.82) is 0 Å². The lowest BCUT2D eigenvalue weighted by atomic mass is 10.0. The SMILES string of the molecule is CCOc1cc(CN2CCc3c(nc(-c4ccc(Cl)cc4)[nH]c3=O)C2)ccc1O. The molecule has 150 valence electrons. The van der Waals surface area contributed by atoms with Gasteiger partial charge >= 0.3 is 0 Å². The second-order valence-electron chi connectivity index (χ2n) is 7.04. The highest BCUT2D eigenvalue weighted by Gasteiger charge is 2.22. The van der Waals surface area contributed by atoms with Gasteiger partial charge in [-0.05, 0) is 55.3 Å². The molecule has 0 bridgehead atoms. The standard InChI is InChI=1S/C22H22ClN3O3/c1-2-29-20-11-14(3-8-19(20)27)12-26-10-9-17-18(13-26)24-21(25-22(17)28)15-4-6-16(23)7-5-15/h3-8,11,27H,2,9-10,12-13H2,1H3,(H,24,25,28). The van der Waals surface area contributed by atoms with Gasteiger partial charge in [0.05, 0.1) is 12.3 Å². The molecular formula is C22H22ClN3O3. The van der Waals surface area contributed by atoms with Gasteiger partial charge in [-0.1, -0.05) is 17.7 Å². The van der Waals surface area contributed by atoms with Crippen LogP contribution in [0.2, 0.25) is 5.02 Å². The molecule has 0 saturated carbocycles. The van der Waals surface area contributed by atoms with Gasteiger partial charge in [-0.25, -0.2) is 4.98 Å². The van der Waals surface area contributed by atoms with E-state index < -0.39 is 0 Å². The first-order valence-corrected chi connectivity index (χ1v) is 9.96. The number of fused-ring (bicyclic) bond motifs is 1. The Hall–Kier alpha value is -2.83. The summed E-state index contributed by atoms with van der Waals surface area (Å²) in [5.41, 5.74) is 3.33. The fraction of sp³-hybridized carbons (Fsp3) is 0.273. The molecule has 7 heteroatoms. The van der Waals surface area contributed by atoms with Crippen LogP contribution in [0.4, 0.5) is 0 Å². The number of phenols is 1. The van der Waals surface area contributed by atoms with Gasteiger partial charge in [0.1, 0.15) is 5.82 Å². The molecule has 2 heterocycles. The number of benzene rings is 2. The maximum atomic E-state index is 12.6. The van der Waals surface area contributed by atoms with Crippen molar-refractivity contribution in [3.63, 3.8) is 0 Å². The van der Waals surface area contributed by atoms with Gasteiger partial charge < -0.3 is 14.8 Å². The molecule has 0 spiro atoms. The molecule has 2 aromatic carbocycles. The van der Waals surface area contributed by atoms with Gasteiger partial charge in [0.2, 0.25) is 0 Å². The van der Waals surface area contributed by atoms with Crippen molar-refractivity contribution in [2.75, 3.05) is 13.2 Å². The molecule has 6 nitrogen and oxygen atoms in total. The van der Waals surface area contributed by atoms with Crippen molar-refractivity contribution in [1.82, 2.24) is 14.9 Å². The minimum Gasteiger partial charge on any atom is -0.504 e. The Morgan fingerprint density at radius 3 is 2.79 bits per heavy atom. The molecule has 29 heavy (non-hydrogen) atoms. The van der Waals surface area contributed by atoms with E-state index in [-0.39, 0.29) is 11.3 Å². The van der Waals surface area contributed by atoms with E-state index in [1.165, 1.54) is 0 Å². The largest absolute Gasteiger partial charge is 0.504 e. The topological polar surface area (TPSA) is 78.5 Å². The van der Waals surface area contributed by atoms with Crippen LogP contribution in [-0.4, -0.2) is 33.1 Å². The predicted molar refractivity (Wildman–Crippen MR) is 112 cm³/mol. The predicted octanol–water partition coefficient (Wildman–Crippen LogP) is 3.75. The van der Waals surface area contributed by atoms with E-state index in [4.69, 9.17) is 21.3 Å². The number of hydrogen-bond donors (Lipinski definition) is 2. The number of H-pyrrole nitrogens is 1. The Kier molecular flexibility index (Phi) is 5.56. The quantitative estimate of drug-likeness (QED) is 0.668. The van der Waals surface area contributed by atoms with E-state index in [9.17, 15) is 9.90 Å². The molecule has 0 atom stereocenters. The van der Waals surface area contributed by atoms with E-state index in [1.54, 1.807) is 18.2 Å². The Labute approximate surface area is 173 Å². The van der Waals surface area contributed by atoms with Crippen LogP contribution in [0.1, 0.15) is 23.7 Å². The van der Waals surface area contributed by atoms with E-state index in [2.05, 4.69) is 9.88 Å². The molecule has 0 amide bonds. The number of aromatic nitrogens is 2. The maximum absolute atomic E-state index is 12.6. The summed E-state index contributed by atoms with van der Waals surface area (Å²) >= 11 is 5.96. The van der Waals surface area contributed by atoms with E-state index in [0.29, 0.717) is 42.7 Å². The highest BCUT2D eigenvalue weighted by molar-refractivity contribution is 6.30. The maximum Gasteiger partial charge on any atom is 0.254 e. The lowest BCUT2D eigenvalue weighted by Gasteiger charge is -2.28. The molecule has 1 aliphatic heterocycles. The van der Waals surface area contributed by atoms with Crippen LogP contribution < -0.4 is 10.3 Å². The summed E-state index contributed by atoms with van der Waals surface area (Å²) in [4.78, 5) is 22.4. The molecule has 1 aliphatic rings. The number of ether oxygens (including phenoxy) is 1. The average molecular weight is 412 g/mol. The van der Waals surface area contributed by atoms with Crippen molar-refractivity contribution in [2.45, 2.75) is 26.4 Å². The zero-order valence-electron chi connectivity index (χ0n) is 16.1. The second-order valence-corrected chi connectivity index (χ2v) is 7.48. The summed E-state index contributed by atoms with van der Waals surface area (Å²) in [6, 6.07) is 12.7. The normalized spacial score (nSPS) is 13.9. The number of rotatable bonds is 5.